The van der Waals surface area contributed by atoms with Crippen molar-refractivity contribution in [2.24, 2.45) is 0 Å². The van der Waals surface area contributed by atoms with E-state index in [-0.39, 0.29) is 12.3 Å². The summed E-state index contributed by atoms with van der Waals surface area (Å²) in [6, 6.07) is 24.5. The first kappa shape index (κ1) is 20.6. The van der Waals surface area contributed by atoms with E-state index in [0.29, 0.717) is 23.3 Å². The van der Waals surface area contributed by atoms with Gasteiger partial charge in [-0.1, -0.05) is 54.1 Å². The van der Waals surface area contributed by atoms with Gasteiger partial charge in [0.1, 0.15) is 5.75 Å². The molecule has 0 fully saturated rings. The smallest absolute Gasteiger partial charge is 0.254 e. The summed E-state index contributed by atoms with van der Waals surface area (Å²) in [5.74, 6) is 1.46. The van der Waals surface area contributed by atoms with Crippen LogP contribution < -0.4 is 10.1 Å². The van der Waals surface area contributed by atoms with Gasteiger partial charge in [-0.05, 0) is 47.5 Å². The number of carbonyl (C=O) groups is 1. The fourth-order valence-corrected chi connectivity index (χ4v) is 3.22. The van der Waals surface area contributed by atoms with Crippen LogP contribution in [-0.4, -0.2) is 27.8 Å². The van der Waals surface area contributed by atoms with Gasteiger partial charge in [0, 0.05) is 17.1 Å². The number of hydrogen-bond donors (Lipinski definition) is 1. The molecule has 0 aliphatic carbocycles. The fourth-order valence-electron chi connectivity index (χ4n) is 3.09. The lowest BCUT2D eigenvalue weighted by atomic mass is 10.1. The zero-order chi connectivity index (χ0) is 21.6. The molecule has 31 heavy (non-hydrogen) atoms. The number of carbonyl (C=O) groups excluding carboxylic acids is 1. The largest absolute Gasteiger partial charge is 0.497 e. The van der Waals surface area contributed by atoms with Gasteiger partial charge in [-0.3, -0.25) is 4.79 Å². The molecule has 0 saturated carbocycles. The first-order valence-corrected chi connectivity index (χ1v) is 10.2. The molecule has 0 radical (unpaired) electrons. The summed E-state index contributed by atoms with van der Waals surface area (Å²) >= 11 is 5.99. The predicted molar refractivity (Wildman–Crippen MR) is 122 cm³/mol. The third-order valence-corrected chi connectivity index (χ3v) is 5.01. The number of nitrogens with one attached hydrogen (secondary N) is 1. The van der Waals surface area contributed by atoms with Crippen LogP contribution in [0.15, 0.2) is 78.9 Å². The van der Waals surface area contributed by atoms with Crippen molar-refractivity contribution in [2.75, 3.05) is 12.4 Å². The molecule has 0 amide bonds. The van der Waals surface area contributed by atoms with Crippen molar-refractivity contribution in [1.82, 2.24) is 14.8 Å². The maximum Gasteiger partial charge on any atom is 0.254 e. The molecule has 7 heteroatoms. The molecule has 0 aliphatic heterocycles. The molecular formula is C24H21ClN4O2. The monoisotopic (exact) mass is 432 g/mol. The number of nitrogens with zero attached hydrogens (tertiary/aromatic N) is 3. The van der Waals surface area contributed by atoms with E-state index in [9.17, 15) is 4.79 Å². The van der Waals surface area contributed by atoms with Gasteiger partial charge in [-0.15, -0.1) is 5.10 Å². The first-order chi connectivity index (χ1) is 15.1. The Hall–Kier alpha value is -3.64. The second-order valence-electron chi connectivity index (χ2n) is 6.94. The summed E-state index contributed by atoms with van der Waals surface area (Å²) in [5.41, 5.74) is 2.72. The van der Waals surface area contributed by atoms with Gasteiger partial charge in [-0.2, -0.15) is 9.67 Å². The number of ether oxygens (including phenoxy) is 1. The minimum atomic E-state index is -0.170. The van der Waals surface area contributed by atoms with Crippen molar-refractivity contribution in [3.8, 4) is 17.1 Å². The van der Waals surface area contributed by atoms with Gasteiger partial charge in [-0.25, -0.2) is 0 Å². The van der Waals surface area contributed by atoms with Gasteiger partial charge in [0.15, 0.2) is 5.82 Å². The molecule has 3 aromatic carbocycles. The number of rotatable bonds is 7. The van der Waals surface area contributed by atoms with Crippen molar-refractivity contribution in [2.45, 2.75) is 13.0 Å². The third kappa shape index (κ3) is 5.10. The zero-order valence-corrected chi connectivity index (χ0v) is 17.7. The molecule has 0 saturated heterocycles. The molecule has 0 bridgehead atoms. The highest BCUT2D eigenvalue weighted by Crippen LogP contribution is 2.21. The van der Waals surface area contributed by atoms with E-state index in [4.69, 9.17) is 16.3 Å². The molecule has 6 nitrogen and oxygen atoms in total. The first-order valence-electron chi connectivity index (χ1n) is 9.79. The normalized spacial score (nSPS) is 10.6. The third-order valence-electron chi connectivity index (χ3n) is 4.75. The molecular weight excluding hydrogens is 412 g/mol. The van der Waals surface area contributed by atoms with E-state index in [2.05, 4.69) is 15.4 Å². The average molecular weight is 433 g/mol. The summed E-state index contributed by atoms with van der Waals surface area (Å²) < 4.78 is 6.53. The summed E-state index contributed by atoms with van der Waals surface area (Å²) in [6.07, 6.45) is 0.224. The number of benzene rings is 3. The molecule has 0 unspecified atom stereocenters. The molecule has 0 atom stereocenters. The van der Waals surface area contributed by atoms with Crippen molar-refractivity contribution in [3.63, 3.8) is 0 Å². The van der Waals surface area contributed by atoms with E-state index in [1.807, 2.05) is 66.7 Å². The second kappa shape index (κ2) is 9.45. The van der Waals surface area contributed by atoms with Crippen molar-refractivity contribution < 1.29 is 9.53 Å². The molecule has 1 N–H and O–H groups in total. The van der Waals surface area contributed by atoms with E-state index in [1.54, 1.807) is 19.2 Å². The second-order valence-corrected chi connectivity index (χ2v) is 7.37. The van der Waals surface area contributed by atoms with Crippen LogP contribution in [0.2, 0.25) is 5.02 Å². The average Bonchev–Trinajstić information content (AvgIpc) is 3.23. The lowest BCUT2D eigenvalue weighted by molar-refractivity contribution is 0.0901. The summed E-state index contributed by atoms with van der Waals surface area (Å²) in [4.78, 5) is 17.6. The molecule has 156 valence electrons. The Morgan fingerprint density at radius 3 is 2.35 bits per heavy atom. The SMILES string of the molecule is COc1ccc(CNc2nc(-c3ccc(Cl)cc3)nn2C(=O)Cc2ccccc2)cc1. The van der Waals surface area contributed by atoms with Crippen LogP contribution >= 0.6 is 11.6 Å². The number of hydrogen-bond acceptors (Lipinski definition) is 5. The molecule has 0 spiro atoms. The number of anilines is 1. The summed E-state index contributed by atoms with van der Waals surface area (Å²) in [5, 5.41) is 8.34. The maximum absolute atomic E-state index is 13.0. The lowest BCUT2D eigenvalue weighted by Crippen LogP contribution is -2.18. The topological polar surface area (TPSA) is 69.0 Å². The van der Waals surface area contributed by atoms with Crippen LogP contribution in [0, 0.1) is 0 Å². The van der Waals surface area contributed by atoms with E-state index in [0.717, 1.165) is 22.4 Å². The van der Waals surface area contributed by atoms with E-state index in [1.165, 1.54) is 4.68 Å². The molecule has 0 aliphatic rings. The Labute approximate surface area is 185 Å². The standard InChI is InChI=1S/C24H21ClN4O2/c1-31-21-13-7-18(8-14-21)16-26-24-27-23(19-9-11-20(25)12-10-19)28-29(24)22(30)15-17-5-3-2-4-6-17/h2-14H,15-16H2,1H3,(H,26,27,28). The Bertz CT molecular complexity index is 1160. The van der Waals surface area contributed by atoms with Crippen LogP contribution in [0.1, 0.15) is 15.9 Å². The zero-order valence-electron chi connectivity index (χ0n) is 17.0. The van der Waals surface area contributed by atoms with Crippen molar-refractivity contribution >= 4 is 23.5 Å². The highest BCUT2D eigenvalue weighted by molar-refractivity contribution is 6.30. The Kier molecular flexibility index (Phi) is 6.29. The van der Waals surface area contributed by atoms with Crippen LogP contribution in [0.4, 0.5) is 5.95 Å². The lowest BCUT2D eigenvalue weighted by Gasteiger charge is -2.08. The van der Waals surface area contributed by atoms with Gasteiger partial charge in [0.2, 0.25) is 5.95 Å². The van der Waals surface area contributed by atoms with Crippen LogP contribution in [0.5, 0.6) is 5.75 Å². The van der Waals surface area contributed by atoms with Gasteiger partial charge >= 0.3 is 0 Å². The number of methoxy groups -OCH3 is 1. The minimum absolute atomic E-state index is 0.170. The van der Waals surface area contributed by atoms with Gasteiger partial charge in [0.25, 0.3) is 5.91 Å². The van der Waals surface area contributed by atoms with Crippen molar-refractivity contribution in [1.29, 1.82) is 0 Å². The molecule has 1 heterocycles. The van der Waals surface area contributed by atoms with E-state index >= 15 is 0 Å². The minimum Gasteiger partial charge on any atom is -0.497 e. The highest BCUT2D eigenvalue weighted by Gasteiger charge is 2.17. The number of aromatic nitrogens is 3. The molecule has 1 aromatic heterocycles. The van der Waals surface area contributed by atoms with E-state index < -0.39 is 0 Å². The predicted octanol–water partition coefficient (Wildman–Crippen LogP) is 5.10. The fraction of sp³-hybridized carbons (Fsp3) is 0.125. The molecule has 4 aromatic rings. The maximum atomic E-state index is 13.0. The Morgan fingerprint density at radius 1 is 0.968 bits per heavy atom. The quantitative estimate of drug-likeness (QED) is 0.440. The van der Waals surface area contributed by atoms with Crippen LogP contribution in [0.3, 0.4) is 0 Å². The van der Waals surface area contributed by atoms with Gasteiger partial charge in [0.05, 0.1) is 13.5 Å². The molecule has 4 rings (SSSR count). The van der Waals surface area contributed by atoms with Crippen LogP contribution in [-0.2, 0) is 13.0 Å². The Morgan fingerprint density at radius 2 is 1.68 bits per heavy atom. The number of halogens is 1. The highest BCUT2D eigenvalue weighted by atomic mass is 35.5. The summed E-state index contributed by atoms with van der Waals surface area (Å²) in [7, 11) is 1.63. The van der Waals surface area contributed by atoms with Crippen LogP contribution in [0.25, 0.3) is 11.4 Å². The van der Waals surface area contributed by atoms with Gasteiger partial charge < -0.3 is 10.1 Å². The Balaban J connectivity index is 1.60. The van der Waals surface area contributed by atoms with Crippen molar-refractivity contribution in [3.05, 3.63) is 95.0 Å². The summed E-state index contributed by atoms with van der Waals surface area (Å²) in [6.45, 7) is 0.487.